The van der Waals surface area contributed by atoms with Crippen LogP contribution in [-0.2, 0) is 20.8 Å². The van der Waals surface area contributed by atoms with Crippen molar-refractivity contribution in [1.82, 2.24) is 9.80 Å². The van der Waals surface area contributed by atoms with Crippen LogP contribution in [0.1, 0.15) is 85.6 Å². The molecule has 2 unspecified atom stereocenters. The molecule has 0 aromatic heterocycles. The number of hydrogen-bond donors (Lipinski definition) is 1. The van der Waals surface area contributed by atoms with E-state index in [0.717, 1.165) is 71.3 Å². The first-order chi connectivity index (χ1) is 18.4. The molecule has 2 aliphatic rings. The predicted octanol–water partition coefficient (Wildman–Crippen LogP) is 6.26. The van der Waals surface area contributed by atoms with Gasteiger partial charge in [0, 0.05) is 39.4 Å². The summed E-state index contributed by atoms with van der Waals surface area (Å²) in [6, 6.07) is 10.2. The summed E-state index contributed by atoms with van der Waals surface area (Å²) in [5, 5.41) is 8.75. The van der Waals surface area contributed by atoms with Crippen molar-refractivity contribution in [2.24, 2.45) is 11.8 Å². The minimum absolute atomic E-state index is 0.180. The molecule has 0 spiro atoms. The van der Waals surface area contributed by atoms with Crippen LogP contribution >= 0.6 is 0 Å². The number of ether oxygens (including phenoxy) is 3. The van der Waals surface area contributed by atoms with Gasteiger partial charge in [-0.3, -0.25) is 0 Å². The number of carbonyl (C=O) groups is 2. The van der Waals surface area contributed by atoms with Gasteiger partial charge in [0.2, 0.25) is 0 Å². The molecule has 222 valence electrons. The van der Waals surface area contributed by atoms with Crippen LogP contribution in [0.15, 0.2) is 30.3 Å². The SMILES string of the molecule is CC(C)(C)OC(=O)N1CCC(CCCO)C1.CC(C)(C)OC(=O)N1CCC(CCCOCc2ccccc2)C1. The van der Waals surface area contributed by atoms with E-state index in [1.807, 2.05) is 64.6 Å². The van der Waals surface area contributed by atoms with Crippen LogP contribution in [0.5, 0.6) is 0 Å². The Morgan fingerprint density at radius 3 is 1.77 bits per heavy atom. The quantitative estimate of drug-likeness (QED) is 0.367. The summed E-state index contributed by atoms with van der Waals surface area (Å²) in [6.07, 6.45) is 5.67. The fraction of sp³-hybridized carbons (Fsp3) is 0.742. The second-order valence-corrected chi connectivity index (χ2v) is 12.7. The van der Waals surface area contributed by atoms with E-state index in [-0.39, 0.29) is 18.8 Å². The number of carbonyl (C=O) groups excluding carboxylic acids is 2. The molecule has 1 aromatic carbocycles. The highest BCUT2D eigenvalue weighted by Crippen LogP contribution is 2.24. The van der Waals surface area contributed by atoms with Gasteiger partial charge in [0.25, 0.3) is 0 Å². The van der Waals surface area contributed by atoms with Crippen molar-refractivity contribution in [2.45, 2.75) is 97.9 Å². The normalized spacial score (nSPS) is 19.5. The maximum absolute atomic E-state index is 12.0. The van der Waals surface area contributed by atoms with Crippen LogP contribution in [-0.4, -0.2) is 77.7 Å². The molecule has 0 bridgehead atoms. The van der Waals surface area contributed by atoms with E-state index in [4.69, 9.17) is 19.3 Å². The maximum atomic E-state index is 12.0. The Morgan fingerprint density at radius 1 is 0.821 bits per heavy atom. The molecule has 0 radical (unpaired) electrons. The van der Waals surface area contributed by atoms with Crippen LogP contribution in [0.2, 0.25) is 0 Å². The summed E-state index contributed by atoms with van der Waals surface area (Å²) in [6.45, 7) is 16.2. The highest BCUT2D eigenvalue weighted by molar-refractivity contribution is 5.68. The highest BCUT2D eigenvalue weighted by atomic mass is 16.6. The molecule has 39 heavy (non-hydrogen) atoms. The van der Waals surface area contributed by atoms with Crippen molar-refractivity contribution in [3.8, 4) is 0 Å². The van der Waals surface area contributed by atoms with Crippen LogP contribution < -0.4 is 0 Å². The Bertz CT molecular complexity index is 849. The summed E-state index contributed by atoms with van der Waals surface area (Å²) in [5.41, 5.74) is 0.380. The molecular formula is C31H52N2O6. The van der Waals surface area contributed by atoms with E-state index in [2.05, 4.69) is 12.1 Å². The second-order valence-electron chi connectivity index (χ2n) is 12.7. The number of benzene rings is 1. The molecule has 2 saturated heterocycles. The van der Waals surface area contributed by atoms with Crippen molar-refractivity contribution in [3.63, 3.8) is 0 Å². The Labute approximate surface area is 236 Å². The molecule has 8 heteroatoms. The average Bonchev–Trinajstić information content (AvgIpc) is 3.52. The summed E-state index contributed by atoms with van der Waals surface area (Å²) in [7, 11) is 0. The largest absolute Gasteiger partial charge is 0.444 e. The molecule has 1 N–H and O–H groups in total. The second kappa shape index (κ2) is 16.1. The zero-order valence-corrected chi connectivity index (χ0v) is 25.1. The molecular weight excluding hydrogens is 496 g/mol. The van der Waals surface area contributed by atoms with Gasteiger partial charge in [0.05, 0.1) is 6.61 Å². The Hall–Kier alpha value is -2.32. The summed E-state index contributed by atoms with van der Waals surface area (Å²) in [5.74, 6) is 1.10. The topological polar surface area (TPSA) is 88.5 Å². The third kappa shape index (κ3) is 14.0. The highest BCUT2D eigenvalue weighted by Gasteiger charge is 2.30. The van der Waals surface area contributed by atoms with Gasteiger partial charge in [-0.15, -0.1) is 0 Å². The van der Waals surface area contributed by atoms with E-state index in [9.17, 15) is 9.59 Å². The average molecular weight is 549 g/mol. The van der Waals surface area contributed by atoms with Crippen molar-refractivity contribution in [2.75, 3.05) is 39.4 Å². The fourth-order valence-corrected chi connectivity index (χ4v) is 4.74. The molecule has 2 amide bonds. The van der Waals surface area contributed by atoms with Gasteiger partial charge in [-0.2, -0.15) is 0 Å². The lowest BCUT2D eigenvalue weighted by Crippen LogP contribution is -2.35. The molecule has 0 saturated carbocycles. The summed E-state index contributed by atoms with van der Waals surface area (Å²) < 4.78 is 16.5. The number of amides is 2. The smallest absolute Gasteiger partial charge is 0.410 e. The van der Waals surface area contributed by atoms with Crippen LogP contribution in [0.3, 0.4) is 0 Å². The monoisotopic (exact) mass is 548 g/mol. The molecule has 2 heterocycles. The lowest BCUT2D eigenvalue weighted by molar-refractivity contribution is 0.0276. The third-order valence-electron chi connectivity index (χ3n) is 6.66. The fourth-order valence-electron chi connectivity index (χ4n) is 4.74. The van der Waals surface area contributed by atoms with Gasteiger partial charge < -0.3 is 29.1 Å². The third-order valence-corrected chi connectivity index (χ3v) is 6.66. The van der Waals surface area contributed by atoms with Gasteiger partial charge in [0.1, 0.15) is 11.2 Å². The molecule has 3 rings (SSSR count). The zero-order chi connectivity index (χ0) is 28.9. The number of aliphatic hydroxyl groups excluding tert-OH is 1. The van der Waals surface area contributed by atoms with Gasteiger partial charge in [-0.25, -0.2) is 9.59 Å². The molecule has 2 aliphatic heterocycles. The Kier molecular flexibility index (Phi) is 13.5. The van der Waals surface area contributed by atoms with Crippen molar-refractivity contribution >= 4 is 12.2 Å². The minimum atomic E-state index is -0.416. The number of hydrogen-bond acceptors (Lipinski definition) is 6. The van der Waals surface area contributed by atoms with Gasteiger partial charge >= 0.3 is 12.2 Å². The van der Waals surface area contributed by atoms with Crippen molar-refractivity contribution in [3.05, 3.63) is 35.9 Å². The van der Waals surface area contributed by atoms with E-state index < -0.39 is 11.2 Å². The van der Waals surface area contributed by atoms with Crippen molar-refractivity contribution < 1.29 is 28.9 Å². The predicted molar refractivity (Wildman–Crippen MR) is 153 cm³/mol. The van der Waals surface area contributed by atoms with E-state index >= 15 is 0 Å². The lowest BCUT2D eigenvalue weighted by Gasteiger charge is -2.24. The van der Waals surface area contributed by atoms with Gasteiger partial charge in [-0.1, -0.05) is 30.3 Å². The standard InChI is InChI=1S/C19H29NO3.C12H23NO3/c1-19(2,3)23-18(21)20-12-11-16(14-20)10-7-13-22-15-17-8-5-4-6-9-17;1-12(2,3)16-11(15)13-7-6-10(9-13)5-4-8-14/h4-6,8-9,16H,7,10-15H2,1-3H3;10,14H,4-9H2,1-3H3. The summed E-state index contributed by atoms with van der Waals surface area (Å²) >= 11 is 0. The lowest BCUT2D eigenvalue weighted by atomic mass is 10.0. The first kappa shape index (κ1) is 32.9. The Balaban J connectivity index is 0.000000293. The number of aliphatic hydroxyl groups is 1. The maximum Gasteiger partial charge on any atom is 0.410 e. The van der Waals surface area contributed by atoms with Crippen LogP contribution in [0, 0.1) is 11.8 Å². The molecule has 2 atom stereocenters. The van der Waals surface area contributed by atoms with E-state index in [1.165, 1.54) is 5.56 Å². The number of nitrogens with zero attached hydrogens (tertiary/aromatic N) is 2. The van der Waals surface area contributed by atoms with Gasteiger partial charge in [0.15, 0.2) is 0 Å². The summed E-state index contributed by atoms with van der Waals surface area (Å²) in [4.78, 5) is 27.4. The van der Waals surface area contributed by atoms with Crippen LogP contribution in [0.25, 0.3) is 0 Å². The first-order valence-electron chi connectivity index (χ1n) is 14.5. The number of rotatable bonds is 9. The zero-order valence-electron chi connectivity index (χ0n) is 25.1. The molecule has 0 aliphatic carbocycles. The molecule has 8 nitrogen and oxygen atoms in total. The van der Waals surface area contributed by atoms with Gasteiger partial charge in [-0.05, 0) is 97.5 Å². The number of likely N-dealkylation sites (tertiary alicyclic amines) is 2. The van der Waals surface area contributed by atoms with Crippen LogP contribution in [0.4, 0.5) is 9.59 Å². The molecule has 1 aromatic rings. The molecule has 2 fully saturated rings. The first-order valence-corrected chi connectivity index (χ1v) is 14.5. The van der Waals surface area contributed by atoms with E-state index in [1.54, 1.807) is 4.90 Å². The van der Waals surface area contributed by atoms with Crippen molar-refractivity contribution in [1.29, 1.82) is 0 Å². The minimum Gasteiger partial charge on any atom is -0.444 e. The van der Waals surface area contributed by atoms with E-state index in [0.29, 0.717) is 18.4 Å². The Morgan fingerprint density at radius 2 is 1.31 bits per heavy atom.